The number of unbranched alkanes of at least 4 members (excludes halogenated alkanes) is 5. The molecule has 1 aromatic carbocycles. The molecule has 2 rings (SSSR count). The van der Waals surface area contributed by atoms with E-state index in [1.54, 1.807) is 0 Å². The molecule has 0 aliphatic heterocycles. The molecule has 0 atom stereocenters. The van der Waals surface area contributed by atoms with Gasteiger partial charge in [0.25, 0.3) is 5.56 Å². The minimum atomic E-state index is -0.310. The average Bonchev–Trinajstić information content (AvgIpc) is 2.59. The number of hydrogen-bond acceptors (Lipinski definition) is 4. The topological polar surface area (TPSA) is 60.6 Å². The van der Waals surface area contributed by atoms with E-state index in [0.29, 0.717) is 17.9 Å². The van der Waals surface area contributed by atoms with Gasteiger partial charge in [0.2, 0.25) is 5.75 Å². The molecule has 0 saturated carbocycles. The van der Waals surface area contributed by atoms with Crippen LogP contribution in [0.2, 0.25) is 0 Å². The molecule has 1 heterocycles. The largest absolute Gasteiger partial charge is 0.494 e. The summed E-state index contributed by atoms with van der Waals surface area (Å²) < 4.78 is 16.3. The summed E-state index contributed by atoms with van der Waals surface area (Å²) in [4.78, 5) is 14.8. The number of nitrogens with one attached hydrogen (secondary N) is 1. The monoisotopic (exact) mass is 333 g/mol. The Morgan fingerprint density at radius 2 is 1.67 bits per heavy atom. The van der Waals surface area contributed by atoms with Gasteiger partial charge in [0.15, 0.2) is 5.75 Å². The van der Waals surface area contributed by atoms with Crippen LogP contribution in [0.4, 0.5) is 0 Å². The average molecular weight is 333 g/mol. The molecule has 1 aromatic heterocycles. The van der Waals surface area contributed by atoms with Crippen molar-refractivity contribution >= 4 is 10.9 Å². The van der Waals surface area contributed by atoms with Crippen LogP contribution >= 0.6 is 0 Å². The molecule has 0 fully saturated rings. The van der Waals surface area contributed by atoms with Crippen molar-refractivity contribution in [1.82, 2.24) is 4.98 Å². The minimum Gasteiger partial charge on any atom is -0.494 e. The lowest BCUT2D eigenvalue weighted by atomic mass is 10.1. The van der Waals surface area contributed by atoms with Crippen LogP contribution in [0, 0.1) is 0 Å². The van der Waals surface area contributed by atoms with Crippen LogP contribution in [-0.2, 0) is 0 Å². The fourth-order valence-electron chi connectivity index (χ4n) is 2.78. The molecule has 2 aromatic rings. The first-order valence-corrected chi connectivity index (χ1v) is 8.62. The Bertz CT molecular complexity index is 708. The third-order valence-electron chi connectivity index (χ3n) is 4.07. The highest BCUT2D eigenvalue weighted by Crippen LogP contribution is 2.32. The summed E-state index contributed by atoms with van der Waals surface area (Å²) in [5.41, 5.74) is 0.369. The van der Waals surface area contributed by atoms with E-state index in [0.717, 1.165) is 17.6 Å². The van der Waals surface area contributed by atoms with Crippen LogP contribution in [0.3, 0.4) is 0 Å². The Kier molecular flexibility index (Phi) is 6.97. The van der Waals surface area contributed by atoms with Gasteiger partial charge in [-0.15, -0.1) is 0 Å². The van der Waals surface area contributed by atoms with Crippen molar-refractivity contribution in [3.8, 4) is 17.2 Å². The fraction of sp³-hybridized carbons (Fsp3) is 0.526. The maximum absolute atomic E-state index is 12.0. The van der Waals surface area contributed by atoms with Crippen LogP contribution in [0.25, 0.3) is 10.9 Å². The van der Waals surface area contributed by atoms with Gasteiger partial charge in [-0.3, -0.25) is 4.79 Å². The Morgan fingerprint density at radius 3 is 2.38 bits per heavy atom. The number of pyridine rings is 1. The van der Waals surface area contributed by atoms with Crippen molar-refractivity contribution in [2.24, 2.45) is 0 Å². The van der Waals surface area contributed by atoms with E-state index in [1.807, 2.05) is 18.2 Å². The van der Waals surface area contributed by atoms with Gasteiger partial charge >= 0.3 is 0 Å². The van der Waals surface area contributed by atoms with Gasteiger partial charge < -0.3 is 19.2 Å². The van der Waals surface area contributed by atoms with E-state index in [1.165, 1.54) is 46.3 Å². The van der Waals surface area contributed by atoms with E-state index in [9.17, 15) is 4.79 Å². The second-order valence-electron chi connectivity index (χ2n) is 5.84. The number of hydrogen-bond donors (Lipinski definition) is 1. The van der Waals surface area contributed by atoms with E-state index in [2.05, 4.69) is 11.9 Å². The summed E-state index contributed by atoms with van der Waals surface area (Å²) in [6, 6.07) is 5.60. The molecule has 0 saturated heterocycles. The van der Waals surface area contributed by atoms with Crippen LogP contribution in [-0.4, -0.2) is 25.8 Å². The van der Waals surface area contributed by atoms with Crippen LogP contribution in [0.1, 0.15) is 45.4 Å². The highest BCUT2D eigenvalue weighted by molar-refractivity contribution is 5.88. The number of aromatic nitrogens is 1. The van der Waals surface area contributed by atoms with Crippen molar-refractivity contribution in [3.63, 3.8) is 0 Å². The van der Waals surface area contributed by atoms with Crippen molar-refractivity contribution in [3.05, 3.63) is 28.6 Å². The minimum absolute atomic E-state index is 0.186. The maximum atomic E-state index is 12.0. The van der Waals surface area contributed by atoms with Crippen molar-refractivity contribution in [2.75, 3.05) is 20.8 Å². The summed E-state index contributed by atoms with van der Waals surface area (Å²) in [6.07, 6.45) is 7.37. The molecule has 24 heavy (non-hydrogen) atoms. The number of ether oxygens (including phenoxy) is 3. The van der Waals surface area contributed by atoms with E-state index in [4.69, 9.17) is 14.2 Å². The van der Waals surface area contributed by atoms with E-state index >= 15 is 0 Å². The maximum Gasteiger partial charge on any atom is 0.294 e. The molecule has 0 unspecified atom stereocenters. The molecule has 0 amide bonds. The number of H-pyrrole nitrogens is 1. The van der Waals surface area contributed by atoms with Gasteiger partial charge in [0, 0.05) is 11.5 Å². The molecular weight excluding hydrogens is 306 g/mol. The molecule has 0 aliphatic carbocycles. The lowest BCUT2D eigenvalue weighted by molar-refractivity contribution is 0.304. The van der Waals surface area contributed by atoms with Crippen molar-refractivity contribution in [2.45, 2.75) is 45.4 Å². The first-order valence-electron chi connectivity index (χ1n) is 8.62. The van der Waals surface area contributed by atoms with Gasteiger partial charge in [-0.25, -0.2) is 0 Å². The number of aromatic amines is 1. The predicted molar refractivity (Wildman–Crippen MR) is 96.5 cm³/mol. The van der Waals surface area contributed by atoms with Gasteiger partial charge in [0.1, 0.15) is 5.75 Å². The molecule has 5 nitrogen and oxygen atoms in total. The zero-order chi connectivity index (χ0) is 17.4. The summed E-state index contributed by atoms with van der Waals surface area (Å²) in [6.45, 7) is 2.91. The molecule has 132 valence electrons. The highest BCUT2D eigenvalue weighted by atomic mass is 16.5. The summed E-state index contributed by atoms with van der Waals surface area (Å²) >= 11 is 0. The molecular formula is C19H27NO4. The van der Waals surface area contributed by atoms with Crippen LogP contribution < -0.4 is 19.8 Å². The van der Waals surface area contributed by atoms with Crippen LogP contribution in [0.5, 0.6) is 17.2 Å². The predicted octanol–water partition coefficient (Wildman–Crippen LogP) is 4.28. The Morgan fingerprint density at radius 1 is 0.958 bits per heavy atom. The number of fused-ring (bicyclic) bond motifs is 1. The first-order chi connectivity index (χ1) is 11.7. The second-order valence-corrected chi connectivity index (χ2v) is 5.84. The van der Waals surface area contributed by atoms with Crippen LogP contribution in [0.15, 0.2) is 23.0 Å². The highest BCUT2D eigenvalue weighted by Gasteiger charge is 2.14. The smallest absolute Gasteiger partial charge is 0.294 e. The Hall–Kier alpha value is -2.17. The zero-order valence-electron chi connectivity index (χ0n) is 14.8. The molecule has 5 heteroatoms. The number of rotatable bonds is 10. The lowest BCUT2D eigenvalue weighted by Gasteiger charge is -2.11. The SMILES string of the molecule is CCCCCCCCOc1ccc2c(OC)c(OC)c(=O)[nH]c2c1. The van der Waals surface area contributed by atoms with Crippen molar-refractivity contribution in [1.29, 1.82) is 0 Å². The molecule has 0 bridgehead atoms. The Balaban J connectivity index is 2.02. The van der Waals surface area contributed by atoms with Gasteiger partial charge in [0.05, 0.1) is 26.3 Å². The Labute approximate surface area is 142 Å². The molecule has 0 aliphatic rings. The number of benzene rings is 1. The molecule has 0 radical (unpaired) electrons. The van der Waals surface area contributed by atoms with E-state index in [-0.39, 0.29) is 11.3 Å². The van der Waals surface area contributed by atoms with Crippen molar-refractivity contribution < 1.29 is 14.2 Å². The normalized spacial score (nSPS) is 10.8. The van der Waals surface area contributed by atoms with E-state index < -0.39 is 0 Å². The second kappa shape index (κ2) is 9.21. The summed E-state index contributed by atoms with van der Waals surface area (Å²) in [7, 11) is 2.98. The number of methoxy groups -OCH3 is 2. The zero-order valence-corrected chi connectivity index (χ0v) is 14.8. The fourth-order valence-corrected chi connectivity index (χ4v) is 2.78. The lowest BCUT2D eigenvalue weighted by Crippen LogP contribution is -2.11. The third kappa shape index (κ3) is 4.43. The van der Waals surface area contributed by atoms with Gasteiger partial charge in [-0.1, -0.05) is 39.0 Å². The first kappa shape index (κ1) is 18.2. The van der Waals surface area contributed by atoms with Gasteiger partial charge in [-0.05, 0) is 18.6 Å². The third-order valence-corrected chi connectivity index (χ3v) is 4.07. The summed E-state index contributed by atoms with van der Waals surface area (Å²) in [5, 5.41) is 0.792. The molecule has 0 spiro atoms. The van der Waals surface area contributed by atoms with Gasteiger partial charge in [-0.2, -0.15) is 0 Å². The summed E-state index contributed by atoms with van der Waals surface area (Å²) in [5.74, 6) is 1.38. The standard InChI is InChI=1S/C19H27NO4/c1-4-5-6-7-8-9-12-24-14-10-11-15-16(13-14)20-19(21)18(23-3)17(15)22-2/h10-11,13H,4-9,12H2,1-3H3,(H,20,21). The molecule has 1 N–H and O–H groups in total. The quantitative estimate of drug-likeness (QED) is 0.659.